The van der Waals surface area contributed by atoms with E-state index in [-0.39, 0.29) is 27.6 Å². The molecule has 1 aliphatic rings. The molecule has 1 aliphatic heterocycles. The van der Waals surface area contributed by atoms with Gasteiger partial charge >= 0.3 is 0 Å². The zero-order valence-electron chi connectivity index (χ0n) is 15.0. The second-order valence-corrected chi connectivity index (χ2v) is 9.51. The summed E-state index contributed by atoms with van der Waals surface area (Å²) < 4.78 is 40.5. The van der Waals surface area contributed by atoms with Crippen molar-refractivity contribution >= 4 is 38.9 Å². The van der Waals surface area contributed by atoms with Gasteiger partial charge in [0, 0.05) is 19.0 Å². The quantitative estimate of drug-likeness (QED) is 0.763. The first kappa shape index (κ1) is 20.3. The van der Waals surface area contributed by atoms with Crippen molar-refractivity contribution in [2.75, 3.05) is 23.9 Å². The zero-order valence-corrected chi connectivity index (χ0v) is 16.6. The Hall–Kier alpha value is -2.46. The maximum Gasteiger partial charge on any atom is 0.274 e. The highest BCUT2D eigenvalue weighted by molar-refractivity contribution is 7.94. The van der Waals surface area contributed by atoms with Crippen LogP contribution in [0.2, 0.25) is 0 Å². The van der Waals surface area contributed by atoms with Crippen LogP contribution in [0, 0.1) is 11.7 Å². The predicted octanol–water partition coefficient (Wildman–Crippen LogP) is 1.81. The van der Waals surface area contributed by atoms with Crippen molar-refractivity contribution in [2.45, 2.75) is 17.1 Å². The van der Waals surface area contributed by atoms with Crippen molar-refractivity contribution in [3.8, 4) is 0 Å². The van der Waals surface area contributed by atoms with Gasteiger partial charge in [-0.15, -0.1) is 11.3 Å². The summed E-state index contributed by atoms with van der Waals surface area (Å²) in [7, 11) is -3.97. The largest absolute Gasteiger partial charge is 0.369 e. The van der Waals surface area contributed by atoms with Gasteiger partial charge in [0.15, 0.2) is 0 Å². The van der Waals surface area contributed by atoms with E-state index in [9.17, 15) is 22.4 Å². The average molecular weight is 426 g/mol. The molecule has 1 aromatic carbocycles. The van der Waals surface area contributed by atoms with Crippen LogP contribution in [-0.4, -0.2) is 44.8 Å². The number of sulfonamides is 1. The van der Waals surface area contributed by atoms with Crippen molar-refractivity contribution < 1.29 is 22.4 Å². The number of hydrogen-bond acceptors (Lipinski definition) is 5. The summed E-state index contributed by atoms with van der Waals surface area (Å²) in [5.41, 5.74) is 5.51. The lowest BCUT2D eigenvalue weighted by molar-refractivity contribution is -0.133. The number of nitrogens with two attached hydrogens (primary N) is 1. The Balaban J connectivity index is 1.83. The van der Waals surface area contributed by atoms with E-state index in [1.165, 1.54) is 23.1 Å². The number of hydrogen-bond donors (Lipinski definition) is 1. The number of carbonyl (C=O) groups is 2. The summed E-state index contributed by atoms with van der Waals surface area (Å²) in [4.78, 5) is 25.6. The zero-order chi connectivity index (χ0) is 20.3. The molecule has 0 aliphatic carbocycles. The molecule has 1 aromatic heterocycles. The van der Waals surface area contributed by atoms with Crippen LogP contribution in [0.5, 0.6) is 0 Å². The number of piperidine rings is 1. The minimum Gasteiger partial charge on any atom is -0.369 e. The topological polar surface area (TPSA) is 101 Å². The molecule has 28 heavy (non-hydrogen) atoms. The fourth-order valence-corrected chi connectivity index (χ4v) is 5.60. The Morgan fingerprint density at radius 2 is 1.82 bits per heavy atom. The first-order valence-electron chi connectivity index (χ1n) is 8.68. The molecule has 1 fully saturated rings. The molecule has 7 nitrogen and oxygen atoms in total. The molecule has 10 heteroatoms. The first-order chi connectivity index (χ1) is 13.3. The Kier molecular flexibility index (Phi) is 5.99. The summed E-state index contributed by atoms with van der Waals surface area (Å²) >= 11 is 1.04. The molecule has 2 amide bonds. The van der Waals surface area contributed by atoms with Crippen LogP contribution in [0.4, 0.5) is 10.1 Å². The van der Waals surface area contributed by atoms with Crippen LogP contribution in [0.15, 0.2) is 46.0 Å². The highest BCUT2D eigenvalue weighted by Gasteiger charge is 2.32. The molecule has 0 radical (unpaired) electrons. The molecule has 2 aromatic rings. The number of benzene rings is 1. The van der Waals surface area contributed by atoms with Crippen molar-refractivity contribution in [1.29, 1.82) is 0 Å². The summed E-state index contributed by atoms with van der Waals surface area (Å²) in [5, 5.41) is 1.63. The highest BCUT2D eigenvalue weighted by Crippen LogP contribution is 2.27. The van der Waals surface area contributed by atoms with Gasteiger partial charge in [-0.1, -0.05) is 6.07 Å². The van der Waals surface area contributed by atoms with Crippen molar-refractivity contribution in [3.05, 3.63) is 47.6 Å². The van der Waals surface area contributed by atoms with E-state index in [2.05, 4.69) is 0 Å². The maximum atomic E-state index is 13.3. The SMILES string of the molecule is NC(=O)C1CCN(C(=O)CN(c2ccc(F)cc2)S(=O)(=O)c2cccs2)CC1. The standard InChI is InChI=1S/C18H20FN3O4S2/c19-14-3-5-15(6-4-14)22(28(25,26)17-2-1-11-27-17)12-16(23)21-9-7-13(8-10-21)18(20)24/h1-6,11,13H,7-10,12H2,(H2,20,24). The molecule has 0 bridgehead atoms. The Labute approximate surface area is 166 Å². The number of rotatable bonds is 6. The minimum absolute atomic E-state index is 0.0945. The molecule has 2 N–H and O–H groups in total. The van der Waals surface area contributed by atoms with Crippen molar-refractivity contribution in [3.63, 3.8) is 0 Å². The van der Waals surface area contributed by atoms with E-state index in [0.717, 1.165) is 27.8 Å². The maximum absolute atomic E-state index is 13.3. The van der Waals surface area contributed by atoms with Gasteiger partial charge < -0.3 is 10.6 Å². The van der Waals surface area contributed by atoms with Crippen LogP contribution >= 0.6 is 11.3 Å². The van der Waals surface area contributed by atoms with E-state index in [1.807, 2.05) is 0 Å². The van der Waals surface area contributed by atoms with Crippen LogP contribution < -0.4 is 10.0 Å². The number of halogens is 1. The molecule has 0 atom stereocenters. The molecule has 150 valence electrons. The van der Waals surface area contributed by atoms with E-state index in [1.54, 1.807) is 11.4 Å². The predicted molar refractivity (Wildman–Crippen MR) is 104 cm³/mol. The van der Waals surface area contributed by atoms with E-state index >= 15 is 0 Å². The fourth-order valence-electron chi connectivity index (χ4n) is 3.08. The molecular formula is C18H20FN3O4S2. The van der Waals surface area contributed by atoms with Gasteiger partial charge in [-0.2, -0.15) is 0 Å². The van der Waals surface area contributed by atoms with E-state index in [4.69, 9.17) is 5.73 Å². The van der Waals surface area contributed by atoms with Crippen molar-refractivity contribution in [1.82, 2.24) is 4.90 Å². The average Bonchev–Trinajstić information content (AvgIpc) is 3.22. The van der Waals surface area contributed by atoms with E-state index in [0.29, 0.717) is 25.9 Å². The van der Waals surface area contributed by atoms with E-state index < -0.39 is 22.4 Å². The molecular weight excluding hydrogens is 405 g/mol. The number of amides is 2. The molecule has 2 heterocycles. The molecule has 0 spiro atoms. The van der Waals surface area contributed by atoms with Gasteiger partial charge in [0.25, 0.3) is 10.0 Å². The lowest BCUT2D eigenvalue weighted by atomic mass is 9.96. The van der Waals surface area contributed by atoms with Gasteiger partial charge in [0.05, 0.1) is 5.69 Å². The van der Waals surface area contributed by atoms with Crippen molar-refractivity contribution in [2.24, 2.45) is 11.7 Å². The third-order valence-corrected chi connectivity index (χ3v) is 7.83. The number of likely N-dealkylation sites (tertiary alicyclic amines) is 1. The summed E-state index contributed by atoms with van der Waals surface area (Å²) in [6.45, 7) is 0.262. The highest BCUT2D eigenvalue weighted by atomic mass is 32.2. The van der Waals surface area contributed by atoms with Gasteiger partial charge in [0.2, 0.25) is 11.8 Å². The number of primary amides is 1. The summed E-state index contributed by atoms with van der Waals surface area (Å²) in [5.74, 6) is -1.54. The third kappa shape index (κ3) is 4.33. The van der Waals surface area contributed by atoms with Crippen LogP contribution in [0.1, 0.15) is 12.8 Å². The normalized spacial score (nSPS) is 15.4. The second kappa shape index (κ2) is 8.27. The monoisotopic (exact) mass is 425 g/mol. The Morgan fingerprint density at radius 3 is 2.36 bits per heavy atom. The van der Waals surface area contributed by atoms with Crippen LogP contribution in [0.3, 0.4) is 0 Å². The minimum atomic E-state index is -3.97. The lowest BCUT2D eigenvalue weighted by Gasteiger charge is -2.32. The van der Waals surface area contributed by atoms with Gasteiger partial charge in [-0.25, -0.2) is 12.8 Å². The molecule has 0 saturated carbocycles. The number of nitrogens with zero attached hydrogens (tertiary/aromatic N) is 2. The van der Waals surface area contributed by atoms with Gasteiger partial charge in [-0.05, 0) is 48.6 Å². The third-order valence-electron chi connectivity index (χ3n) is 4.68. The van der Waals surface area contributed by atoms with Crippen LogP contribution in [0.25, 0.3) is 0 Å². The number of thiophene rings is 1. The Morgan fingerprint density at radius 1 is 1.18 bits per heavy atom. The number of anilines is 1. The second-order valence-electron chi connectivity index (χ2n) is 6.48. The molecule has 0 unspecified atom stereocenters. The van der Waals surface area contributed by atoms with Crippen LogP contribution in [-0.2, 0) is 19.6 Å². The van der Waals surface area contributed by atoms with Gasteiger partial charge in [-0.3, -0.25) is 13.9 Å². The Bertz CT molecular complexity index is 938. The fraction of sp³-hybridized carbons (Fsp3) is 0.333. The van der Waals surface area contributed by atoms with Gasteiger partial charge in [0.1, 0.15) is 16.6 Å². The smallest absolute Gasteiger partial charge is 0.274 e. The summed E-state index contributed by atoms with van der Waals surface area (Å²) in [6, 6.07) is 8.01. The molecule has 1 saturated heterocycles. The first-order valence-corrected chi connectivity index (χ1v) is 11.0. The lowest BCUT2D eigenvalue weighted by Crippen LogP contribution is -2.47. The summed E-state index contributed by atoms with van der Waals surface area (Å²) in [6.07, 6.45) is 0.907. The molecule has 3 rings (SSSR count). The number of carbonyl (C=O) groups excluding carboxylic acids is 2.